The lowest BCUT2D eigenvalue weighted by molar-refractivity contribution is 0.102. The summed E-state index contributed by atoms with van der Waals surface area (Å²) in [6.45, 7) is 2.44. The number of aliphatic imine (C=N–C) groups is 1. The van der Waals surface area contributed by atoms with Gasteiger partial charge in [-0.3, -0.25) is 14.5 Å². The number of carbonyl (C=O) groups is 1. The average molecular weight is 423 g/mol. The first-order chi connectivity index (χ1) is 14.4. The summed E-state index contributed by atoms with van der Waals surface area (Å²) in [4.78, 5) is 17.0. The van der Waals surface area contributed by atoms with Crippen LogP contribution in [0.4, 0.5) is 5.69 Å². The van der Waals surface area contributed by atoms with Crippen LogP contribution in [0.15, 0.2) is 70.7 Å². The maximum absolute atomic E-state index is 12.8. The number of sulfonamides is 1. The molecule has 0 bridgehead atoms. The Balaban J connectivity index is 1.53. The van der Waals surface area contributed by atoms with Gasteiger partial charge in [-0.25, -0.2) is 13.1 Å². The van der Waals surface area contributed by atoms with Crippen molar-refractivity contribution in [2.45, 2.75) is 24.7 Å². The lowest BCUT2D eigenvalue weighted by Gasteiger charge is -2.10. The van der Waals surface area contributed by atoms with Crippen molar-refractivity contribution in [3.05, 3.63) is 72.1 Å². The van der Waals surface area contributed by atoms with E-state index in [1.165, 1.54) is 18.3 Å². The Morgan fingerprint density at radius 3 is 2.63 bits per heavy atom. The molecule has 0 spiro atoms. The van der Waals surface area contributed by atoms with Crippen molar-refractivity contribution in [2.75, 3.05) is 11.9 Å². The molecule has 2 aromatic carbocycles. The molecule has 0 atom stereocenters. The van der Waals surface area contributed by atoms with E-state index in [0.29, 0.717) is 35.7 Å². The molecule has 0 saturated heterocycles. The first kappa shape index (κ1) is 19.8. The SMILES string of the molecule is Cc1c(C(=O)Nc2cccc(S(=O)(=O)NC3=NCCC3)c2)cnn1-c1ccccc1. The summed E-state index contributed by atoms with van der Waals surface area (Å²) in [7, 11) is -3.76. The molecule has 0 aliphatic carbocycles. The van der Waals surface area contributed by atoms with Crippen LogP contribution >= 0.6 is 0 Å². The number of para-hydroxylation sites is 1. The molecule has 30 heavy (non-hydrogen) atoms. The summed E-state index contributed by atoms with van der Waals surface area (Å²) >= 11 is 0. The minimum absolute atomic E-state index is 0.0617. The van der Waals surface area contributed by atoms with E-state index in [1.54, 1.807) is 16.8 Å². The molecular weight excluding hydrogens is 402 g/mol. The number of amides is 1. The summed E-state index contributed by atoms with van der Waals surface area (Å²) < 4.78 is 29.4. The molecule has 2 heterocycles. The zero-order valence-electron chi connectivity index (χ0n) is 16.4. The van der Waals surface area contributed by atoms with E-state index >= 15 is 0 Å². The molecule has 0 fully saturated rings. The Bertz CT molecular complexity index is 1220. The fraction of sp³-hybridized carbons (Fsp3) is 0.190. The molecule has 1 aromatic heterocycles. The van der Waals surface area contributed by atoms with Gasteiger partial charge >= 0.3 is 0 Å². The fourth-order valence-electron chi connectivity index (χ4n) is 3.24. The molecular formula is C21H21N5O3S. The van der Waals surface area contributed by atoms with Crippen LogP contribution in [0.1, 0.15) is 28.9 Å². The van der Waals surface area contributed by atoms with Gasteiger partial charge in [0.1, 0.15) is 5.84 Å². The van der Waals surface area contributed by atoms with E-state index in [1.807, 2.05) is 37.3 Å². The number of amidine groups is 1. The number of hydrogen-bond acceptors (Lipinski definition) is 5. The van der Waals surface area contributed by atoms with Gasteiger partial charge in [-0.1, -0.05) is 24.3 Å². The van der Waals surface area contributed by atoms with E-state index in [-0.39, 0.29) is 10.8 Å². The number of anilines is 1. The third kappa shape index (κ3) is 4.11. The Labute approximate surface area is 174 Å². The molecule has 1 aliphatic rings. The maximum Gasteiger partial charge on any atom is 0.262 e. The Morgan fingerprint density at radius 2 is 1.90 bits per heavy atom. The number of nitrogens with zero attached hydrogens (tertiary/aromatic N) is 3. The second kappa shape index (κ2) is 8.11. The van der Waals surface area contributed by atoms with Crippen LogP contribution in [0.2, 0.25) is 0 Å². The number of carbonyl (C=O) groups excluding carboxylic acids is 1. The third-order valence-electron chi connectivity index (χ3n) is 4.78. The predicted molar refractivity (Wildman–Crippen MR) is 115 cm³/mol. The van der Waals surface area contributed by atoms with Crippen molar-refractivity contribution in [3.8, 4) is 5.69 Å². The molecule has 154 valence electrons. The van der Waals surface area contributed by atoms with Gasteiger partial charge in [-0.05, 0) is 43.7 Å². The molecule has 0 unspecified atom stereocenters. The van der Waals surface area contributed by atoms with Crippen molar-refractivity contribution in [1.29, 1.82) is 0 Å². The molecule has 1 aliphatic heterocycles. The quantitative estimate of drug-likeness (QED) is 0.658. The van der Waals surface area contributed by atoms with Gasteiger partial charge in [0.2, 0.25) is 0 Å². The van der Waals surface area contributed by atoms with Crippen LogP contribution in [0, 0.1) is 6.92 Å². The topological polar surface area (TPSA) is 105 Å². The van der Waals surface area contributed by atoms with Crippen molar-refractivity contribution >= 4 is 27.5 Å². The highest BCUT2D eigenvalue weighted by Crippen LogP contribution is 2.19. The maximum atomic E-state index is 12.8. The van der Waals surface area contributed by atoms with Crippen molar-refractivity contribution < 1.29 is 13.2 Å². The molecule has 4 rings (SSSR count). The van der Waals surface area contributed by atoms with E-state index in [9.17, 15) is 13.2 Å². The monoisotopic (exact) mass is 423 g/mol. The highest BCUT2D eigenvalue weighted by Gasteiger charge is 2.20. The molecule has 0 radical (unpaired) electrons. The van der Waals surface area contributed by atoms with E-state index in [4.69, 9.17) is 0 Å². The van der Waals surface area contributed by atoms with Crippen LogP contribution < -0.4 is 10.0 Å². The summed E-state index contributed by atoms with van der Waals surface area (Å²) in [5.41, 5.74) is 2.32. The third-order valence-corrected chi connectivity index (χ3v) is 6.16. The van der Waals surface area contributed by atoms with Crippen LogP contribution in [0.3, 0.4) is 0 Å². The van der Waals surface area contributed by atoms with E-state index in [0.717, 1.165) is 12.1 Å². The van der Waals surface area contributed by atoms with Gasteiger partial charge in [-0.15, -0.1) is 0 Å². The van der Waals surface area contributed by atoms with Crippen LogP contribution in [-0.2, 0) is 10.0 Å². The fourth-order valence-corrected chi connectivity index (χ4v) is 4.37. The van der Waals surface area contributed by atoms with Gasteiger partial charge in [0.25, 0.3) is 15.9 Å². The summed E-state index contributed by atoms with van der Waals surface area (Å²) in [6, 6.07) is 15.6. The first-order valence-electron chi connectivity index (χ1n) is 9.52. The second-order valence-electron chi connectivity index (χ2n) is 6.91. The Morgan fingerprint density at radius 1 is 1.10 bits per heavy atom. The summed E-state index contributed by atoms with van der Waals surface area (Å²) in [5, 5.41) is 7.05. The zero-order chi connectivity index (χ0) is 21.1. The Kier molecular flexibility index (Phi) is 5.37. The smallest absolute Gasteiger partial charge is 0.262 e. The molecule has 3 aromatic rings. The highest BCUT2D eigenvalue weighted by atomic mass is 32.2. The minimum Gasteiger partial charge on any atom is -0.322 e. The van der Waals surface area contributed by atoms with Gasteiger partial charge in [0.05, 0.1) is 28.0 Å². The normalized spacial score (nSPS) is 13.7. The number of nitrogens with one attached hydrogen (secondary N) is 2. The number of rotatable bonds is 5. The number of benzene rings is 2. The molecule has 1 amide bonds. The first-order valence-corrected chi connectivity index (χ1v) is 11.0. The summed E-state index contributed by atoms with van der Waals surface area (Å²) in [6.07, 6.45) is 2.95. The zero-order valence-corrected chi connectivity index (χ0v) is 17.2. The summed E-state index contributed by atoms with van der Waals surface area (Å²) in [5.74, 6) is 0.103. The van der Waals surface area contributed by atoms with Crippen molar-refractivity contribution in [2.24, 2.45) is 4.99 Å². The van der Waals surface area contributed by atoms with E-state index < -0.39 is 10.0 Å². The Hall–Kier alpha value is -3.46. The standard InChI is InChI=1S/C21H21N5O3S/c1-15-19(14-23-26(15)17-8-3-2-4-9-17)21(27)24-16-7-5-10-18(13-16)30(28,29)25-20-11-6-12-22-20/h2-5,7-10,13-14H,6,11-12H2,1H3,(H,22,25)(H,24,27). The van der Waals surface area contributed by atoms with Gasteiger partial charge < -0.3 is 5.32 Å². The van der Waals surface area contributed by atoms with E-state index in [2.05, 4.69) is 20.1 Å². The van der Waals surface area contributed by atoms with Gasteiger partial charge in [-0.2, -0.15) is 5.10 Å². The van der Waals surface area contributed by atoms with Crippen LogP contribution in [0.25, 0.3) is 5.69 Å². The largest absolute Gasteiger partial charge is 0.322 e. The molecule has 0 saturated carbocycles. The van der Waals surface area contributed by atoms with Crippen LogP contribution in [-0.4, -0.2) is 36.5 Å². The van der Waals surface area contributed by atoms with Crippen molar-refractivity contribution in [3.63, 3.8) is 0 Å². The molecule has 9 heteroatoms. The van der Waals surface area contributed by atoms with Gasteiger partial charge in [0, 0.05) is 18.7 Å². The number of aromatic nitrogens is 2. The number of hydrogen-bond donors (Lipinski definition) is 2. The van der Waals surface area contributed by atoms with Gasteiger partial charge in [0.15, 0.2) is 0 Å². The molecule has 2 N–H and O–H groups in total. The van der Waals surface area contributed by atoms with Crippen molar-refractivity contribution in [1.82, 2.24) is 14.5 Å². The lowest BCUT2D eigenvalue weighted by Crippen LogP contribution is -2.29. The second-order valence-corrected chi connectivity index (χ2v) is 8.59. The predicted octanol–water partition coefficient (Wildman–Crippen LogP) is 2.90. The average Bonchev–Trinajstić information content (AvgIpc) is 3.38. The highest BCUT2D eigenvalue weighted by molar-refractivity contribution is 7.90. The van der Waals surface area contributed by atoms with Crippen LogP contribution in [0.5, 0.6) is 0 Å². The lowest BCUT2D eigenvalue weighted by atomic mass is 10.2. The minimum atomic E-state index is -3.76. The molecule has 8 nitrogen and oxygen atoms in total.